The number of ether oxygens (including phenoxy) is 2. The van der Waals surface area contributed by atoms with Crippen LogP contribution in [0.1, 0.15) is 12.8 Å². The summed E-state index contributed by atoms with van der Waals surface area (Å²) < 4.78 is 10.7. The van der Waals surface area contributed by atoms with Gasteiger partial charge < -0.3 is 20.1 Å². The Labute approximate surface area is 128 Å². The summed E-state index contributed by atoms with van der Waals surface area (Å²) in [7, 11) is 0. The standard InChI is InChI=1S/C16H18N4O2/c1-3-14-15(22-10-21-14)9-11(1)13-2-4-16(20-19-13)18-12-5-7-17-8-6-12/h1-4,9,12,17H,5-8,10H2,(H,18,20). The first-order valence-corrected chi connectivity index (χ1v) is 7.59. The molecule has 1 aromatic heterocycles. The first-order chi connectivity index (χ1) is 10.9. The smallest absolute Gasteiger partial charge is 0.231 e. The number of hydrogen-bond acceptors (Lipinski definition) is 6. The van der Waals surface area contributed by atoms with E-state index in [9.17, 15) is 0 Å². The Morgan fingerprint density at radius 3 is 2.68 bits per heavy atom. The minimum atomic E-state index is 0.281. The van der Waals surface area contributed by atoms with Crippen molar-refractivity contribution in [3.05, 3.63) is 30.3 Å². The van der Waals surface area contributed by atoms with Gasteiger partial charge in [0.25, 0.3) is 0 Å². The summed E-state index contributed by atoms with van der Waals surface area (Å²) in [5.41, 5.74) is 1.80. The predicted molar refractivity (Wildman–Crippen MR) is 83.1 cm³/mol. The first-order valence-electron chi connectivity index (χ1n) is 7.59. The highest BCUT2D eigenvalue weighted by Gasteiger charge is 2.15. The Balaban J connectivity index is 1.49. The fourth-order valence-electron chi connectivity index (χ4n) is 2.79. The van der Waals surface area contributed by atoms with Crippen LogP contribution in [-0.4, -0.2) is 36.1 Å². The zero-order valence-corrected chi connectivity index (χ0v) is 12.2. The maximum atomic E-state index is 5.40. The van der Waals surface area contributed by atoms with E-state index in [-0.39, 0.29) is 6.79 Å². The molecule has 0 radical (unpaired) electrons. The van der Waals surface area contributed by atoms with Gasteiger partial charge in [0.2, 0.25) is 6.79 Å². The van der Waals surface area contributed by atoms with Gasteiger partial charge in [-0.1, -0.05) is 0 Å². The van der Waals surface area contributed by atoms with E-state index in [4.69, 9.17) is 9.47 Å². The van der Waals surface area contributed by atoms with Crippen molar-refractivity contribution >= 4 is 5.82 Å². The molecule has 1 saturated heterocycles. The van der Waals surface area contributed by atoms with Crippen LogP contribution in [0.2, 0.25) is 0 Å². The van der Waals surface area contributed by atoms with Crippen LogP contribution < -0.4 is 20.1 Å². The first kappa shape index (κ1) is 13.3. The molecule has 3 heterocycles. The molecular formula is C16H18N4O2. The molecule has 0 aliphatic carbocycles. The molecule has 22 heavy (non-hydrogen) atoms. The Kier molecular flexibility index (Phi) is 3.52. The lowest BCUT2D eigenvalue weighted by molar-refractivity contribution is 0.174. The lowest BCUT2D eigenvalue weighted by atomic mass is 10.1. The van der Waals surface area contributed by atoms with Crippen molar-refractivity contribution < 1.29 is 9.47 Å². The van der Waals surface area contributed by atoms with E-state index in [2.05, 4.69) is 20.8 Å². The van der Waals surface area contributed by atoms with Crippen molar-refractivity contribution in [2.75, 3.05) is 25.2 Å². The Hall–Kier alpha value is -2.34. The van der Waals surface area contributed by atoms with Gasteiger partial charge in [-0.15, -0.1) is 10.2 Å². The molecule has 2 aliphatic rings. The summed E-state index contributed by atoms with van der Waals surface area (Å²) >= 11 is 0. The minimum Gasteiger partial charge on any atom is -0.454 e. The van der Waals surface area contributed by atoms with E-state index in [1.807, 2.05) is 30.3 Å². The van der Waals surface area contributed by atoms with Crippen LogP contribution in [0.15, 0.2) is 30.3 Å². The van der Waals surface area contributed by atoms with Gasteiger partial charge in [-0.3, -0.25) is 0 Å². The average Bonchev–Trinajstić information content (AvgIpc) is 3.04. The second-order valence-electron chi connectivity index (χ2n) is 5.54. The van der Waals surface area contributed by atoms with Gasteiger partial charge in [0.1, 0.15) is 5.82 Å². The number of nitrogens with one attached hydrogen (secondary N) is 2. The van der Waals surface area contributed by atoms with Gasteiger partial charge in [-0.2, -0.15) is 0 Å². The van der Waals surface area contributed by atoms with Gasteiger partial charge in [-0.25, -0.2) is 0 Å². The van der Waals surface area contributed by atoms with E-state index >= 15 is 0 Å². The zero-order chi connectivity index (χ0) is 14.8. The van der Waals surface area contributed by atoms with E-state index in [0.29, 0.717) is 6.04 Å². The SMILES string of the molecule is c1cc2c(cc1-c1ccc(NC3CCNCC3)nn1)OCO2. The third kappa shape index (κ3) is 2.69. The van der Waals surface area contributed by atoms with Crippen LogP contribution >= 0.6 is 0 Å². The highest BCUT2D eigenvalue weighted by atomic mass is 16.7. The predicted octanol–water partition coefficient (Wildman–Crippen LogP) is 2.04. The third-order valence-corrected chi connectivity index (χ3v) is 4.02. The second kappa shape index (κ2) is 5.81. The molecule has 6 nitrogen and oxygen atoms in total. The molecule has 0 spiro atoms. The number of hydrogen-bond donors (Lipinski definition) is 2. The van der Waals surface area contributed by atoms with E-state index in [0.717, 1.165) is 54.5 Å². The fourth-order valence-corrected chi connectivity index (χ4v) is 2.79. The molecule has 0 unspecified atom stereocenters. The number of rotatable bonds is 3. The summed E-state index contributed by atoms with van der Waals surface area (Å²) in [4.78, 5) is 0. The summed E-state index contributed by atoms with van der Waals surface area (Å²) in [6.45, 7) is 2.39. The number of piperidine rings is 1. The van der Waals surface area contributed by atoms with E-state index in [1.165, 1.54) is 0 Å². The molecule has 0 bridgehead atoms. The van der Waals surface area contributed by atoms with Crippen LogP contribution in [0.5, 0.6) is 11.5 Å². The van der Waals surface area contributed by atoms with E-state index < -0.39 is 0 Å². The molecule has 0 amide bonds. The van der Waals surface area contributed by atoms with Gasteiger partial charge >= 0.3 is 0 Å². The molecular weight excluding hydrogens is 280 g/mol. The summed E-state index contributed by atoms with van der Waals surface area (Å²) in [5, 5.41) is 15.4. The maximum Gasteiger partial charge on any atom is 0.231 e. The molecule has 0 saturated carbocycles. The molecule has 2 N–H and O–H groups in total. The molecule has 6 heteroatoms. The zero-order valence-electron chi connectivity index (χ0n) is 12.2. The molecule has 0 atom stereocenters. The van der Waals surface area contributed by atoms with Crippen molar-refractivity contribution in [2.24, 2.45) is 0 Å². The van der Waals surface area contributed by atoms with Crippen LogP contribution in [0.25, 0.3) is 11.3 Å². The van der Waals surface area contributed by atoms with Crippen molar-refractivity contribution in [2.45, 2.75) is 18.9 Å². The van der Waals surface area contributed by atoms with Gasteiger partial charge in [-0.05, 0) is 56.3 Å². The van der Waals surface area contributed by atoms with Crippen molar-refractivity contribution in [1.29, 1.82) is 0 Å². The monoisotopic (exact) mass is 298 g/mol. The molecule has 114 valence electrons. The Bertz CT molecular complexity index is 654. The summed E-state index contributed by atoms with van der Waals surface area (Å²) in [6.07, 6.45) is 2.23. The van der Waals surface area contributed by atoms with Crippen LogP contribution in [0.3, 0.4) is 0 Å². The maximum absolute atomic E-state index is 5.40. The molecule has 2 aromatic rings. The normalized spacial score (nSPS) is 17.5. The molecule has 1 fully saturated rings. The minimum absolute atomic E-state index is 0.281. The lowest BCUT2D eigenvalue weighted by Crippen LogP contribution is -2.35. The van der Waals surface area contributed by atoms with Crippen molar-refractivity contribution in [3.8, 4) is 22.8 Å². The van der Waals surface area contributed by atoms with E-state index in [1.54, 1.807) is 0 Å². The number of aromatic nitrogens is 2. The molecule has 2 aliphatic heterocycles. The highest BCUT2D eigenvalue weighted by Crippen LogP contribution is 2.35. The quantitative estimate of drug-likeness (QED) is 0.904. The summed E-state index contributed by atoms with van der Waals surface area (Å²) in [6, 6.07) is 10.2. The van der Waals surface area contributed by atoms with Gasteiger partial charge in [0, 0.05) is 11.6 Å². The van der Waals surface area contributed by atoms with Crippen molar-refractivity contribution in [1.82, 2.24) is 15.5 Å². The fraction of sp³-hybridized carbons (Fsp3) is 0.375. The number of nitrogens with zero attached hydrogens (tertiary/aromatic N) is 2. The van der Waals surface area contributed by atoms with Gasteiger partial charge in [0.05, 0.1) is 5.69 Å². The van der Waals surface area contributed by atoms with Crippen molar-refractivity contribution in [3.63, 3.8) is 0 Å². The van der Waals surface area contributed by atoms with Crippen LogP contribution in [0, 0.1) is 0 Å². The second-order valence-corrected chi connectivity index (χ2v) is 5.54. The van der Waals surface area contributed by atoms with Crippen LogP contribution in [-0.2, 0) is 0 Å². The molecule has 1 aromatic carbocycles. The lowest BCUT2D eigenvalue weighted by Gasteiger charge is -2.23. The number of fused-ring (bicyclic) bond motifs is 1. The number of benzene rings is 1. The Morgan fingerprint density at radius 2 is 1.86 bits per heavy atom. The summed E-state index contributed by atoms with van der Waals surface area (Å²) in [5.74, 6) is 2.37. The molecule has 4 rings (SSSR count). The highest BCUT2D eigenvalue weighted by molar-refractivity contribution is 5.64. The Morgan fingerprint density at radius 1 is 1.00 bits per heavy atom. The van der Waals surface area contributed by atoms with Crippen LogP contribution in [0.4, 0.5) is 5.82 Å². The largest absolute Gasteiger partial charge is 0.454 e. The third-order valence-electron chi connectivity index (χ3n) is 4.02. The van der Waals surface area contributed by atoms with Gasteiger partial charge in [0.15, 0.2) is 11.5 Å². The number of anilines is 1. The topological polar surface area (TPSA) is 68.3 Å². The average molecular weight is 298 g/mol.